The Balaban J connectivity index is 2.05. The molecule has 2 N–H and O–H groups in total. The molecule has 1 aliphatic heterocycles. The van der Waals surface area contributed by atoms with E-state index in [9.17, 15) is 13.2 Å². The molecule has 7 heteroatoms. The average molecular weight is 332 g/mol. The summed E-state index contributed by atoms with van der Waals surface area (Å²) in [6.45, 7) is 0.0169. The van der Waals surface area contributed by atoms with Gasteiger partial charge in [0.1, 0.15) is 5.75 Å². The van der Waals surface area contributed by atoms with Gasteiger partial charge in [-0.25, -0.2) is 8.42 Å². The molecule has 1 unspecified atom stereocenters. The molecule has 1 heterocycles. The normalized spacial score (nSPS) is 16.9. The van der Waals surface area contributed by atoms with Crippen molar-refractivity contribution in [1.29, 1.82) is 0 Å². The van der Waals surface area contributed by atoms with E-state index in [2.05, 4.69) is 0 Å². The van der Waals surface area contributed by atoms with Gasteiger partial charge >= 0.3 is 0 Å². The van der Waals surface area contributed by atoms with Crippen LogP contribution in [0, 0.1) is 0 Å². The fraction of sp³-hybridized carbons (Fsp3) is 0.188. The molecule has 0 aromatic heterocycles. The highest BCUT2D eigenvalue weighted by Gasteiger charge is 2.38. The minimum Gasteiger partial charge on any atom is -0.497 e. The highest BCUT2D eigenvalue weighted by molar-refractivity contribution is 7.92. The Bertz CT molecular complexity index is 847. The molecular formula is C16H16N2O4S. The monoisotopic (exact) mass is 332 g/mol. The maximum absolute atomic E-state index is 12.9. The average Bonchev–Trinajstić information content (AvgIpc) is 2.95. The molecule has 0 fully saturated rings. The van der Waals surface area contributed by atoms with Crippen molar-refractivity contribution in [1.82, 2.24) is 0 Å². The molecule has 1 amide bonds. The molecular weight excluding hydrogens is 316 g/mol. The van der Waals surface area contributed by atoms with Crippen LogP contribution in [0.15, 0.2) is 53.4 Å². The summed E-state index contributed by atoms with van der Waals surface area (Å²) in [5, 5.41) is 0. The van der Waals surface area contributed by atoms with Gasteiger partial charge in [0.2, 0.25) is 5.91 Å². The van der Waals surface area contributed by atoms with E-state index in [0.717, 1.165) is 0 Å². The smallest absolute Gasteiger partial charge is 0.264 e. The Labute approximate surface area is 134 Å². The summed E-state index contributed by atoms with van der Waals surface area (Å²) in [6, 6.07) is 13.0. The first-order valence-corrected chi connectivity index (χ1v) is 8.44. The number of rotatable bonds is 4. The van der Waals surface area contributed by atoms with Gasteiger partial charge in [-0.3, -0.25) is 9.10 Å². The Kier molecular flexibility index (Phi) is 3.73. The Morgan fingerprint density at radius 3 is 2.43 bits per heavy atom. The molecule has 23 heavy (non-hydrogen) atoms. The molecule has 0 radical (unpaired) electrons. The lowest BCUT2D eigenvalue weighted by Crippen LogP contribution is -2.33. The first-order chi connectivity index (χ1) is 10.9. The van der Waals surface area contributed by atoms with Gasteiger partial charge < -0.3 is 10.5 Å². The Morgan fingerprint density at radius 2 is 1.83 bits per heavy atom. The number of nitrogens with two attached hydrogens (primary N) is 1. The highest BCUT2D eigenvalue weighted by Crippen LogP contribution is 2.39. The fourth-order valence-electron chi connectivity index (χ4n) is 2.72. The first-order valence-electron chi connectivity index (χ1n) is 7.00. The number of ether oxygens (including phenoxy) is 1. The van der Waals surface area contributed by atoms with Crippen LogP contribution >= 0.6 is 0 Å². The zero-order valence-corrected chi connectivity index (χ0v) is 13.3. The lowest BCUT2D eigenvalue weighted by Gasteiger charge is -2.20. The van der Waals surface area contributed by atoms with Crippen LogP contribution in [-0.2, 0) is 14.8 Å². The van der Waals surface area contributed by atoms with Gasteiger partial charge in [-0.05, 0) is 35.9 Å². The van der Waals surface area contributed by atoms with Crippen molar-refractivity contribution in [3.8, 4) is 5.75 Å². The Morgan fingerprint density at radius 1 is 1.17 bits per heavy atom. The van der Waals surface area contributed by atoms with Crippen molar-refractivity contribution in [2.45, 2.75) is 10.8 Å². The van der Waals surface area contributed by atoms with Crippen molar-refractivity contribution in [3.05, 3.63) is 54.1 Å². The number of hydrogen-bond acceptors (Lipinski definition) is 4. The maximum Gasteiger partial charge on any atom is 0.264 e. The molecule has 0 aliphatic carbocycles. The van der Waals surface area contributed by atoms with E-state index in [1.165, 1.54) is 23.5 Å². The Hall–Kier alpha value is -2.54. The number of para-hydroxylation sites is 1. The van der Waals surface area contributed by atoms with Crippen LogP contribution in [0.2, 0.25) is 0 Å². The molecule has 0 saturated carbocycles. The van der Waals surface area contributed by atoms with Crippen LogP contribution in [-0.4, -0.2) is 28.0 Å². The molecule has 0 bridgehead atoms. The number of methoxy groups -OCH3 is 1. The number of benzene rings is 2. The van der Waals surface area contributed by atoms with E-state index in [4.69, 9.17) is 10.5 Å². The number of carbonyl (C=O) groups excluding carboxylic acids is 1. The summed E-state index contributed by atoms with van der Waals surface area (Å²) in [5.41, 5.74) is 6.55. The second-order valence-electron chi connectivity index (χ2n) is 5.23. The third-order valence-corrected chi connectivity index (χ3v) is 5.71. The predicted molar refractivity (Wildman–Crippen MR) is 85.9 cm³/mol. The molecule has 2 aromatic carbocycles. The maximum atomic E-state index is 12.9. The molecule has 1 aliphatic rings. The van der Waals surface area contributed by atoms with Crippen LogP contribution in [0.5, 0.6) is 5.75 Å². The second kappa shape index (κ2) is 5.58. The number of amides is 1. The van der Waals surface area contributed by atoms with Gasteiger partial charge in [0, 0.05) is 0 Å². The lowest BCUT2D eigenvalue weighted by molar-refractivity contribution is -0.119. The number of fused-ring (bicyclic) bond motifs is 1. The molecule has 6 nitrogen and oxygen atoms in total. The number of nitrogens with zero attached hydrogens (tertiary/aromatic N) is 1. The van der Waals surface area contributed by atoms with E-state index >= 15 is 0 Å². The molecule has 120 valence electrons. The van der Waals surface area contributed by atoms with Gasteiger partial charge in [0.25, 0.3) is 10.0 Å². The summed E-state index contributed by atoms with van der Waals surface area (Å²) in [6.07, 6.45) is 0. The van der Waals surface area contributed by atoms with Crippen molar-refractivity contribution >= 4 is 21.6 Å². The summed E-state index contributed by atoms with van der Waals surface area (Å²) in [5.74, 6) is -0.607. The number of sulfonamides is 1. The van der Waals surface area contributed by atoms with Gasteiger partial charge in [-0.2, -0.15) is 0 Å². The third kappa shape index (κ3) is 2.53. The van der Waals surface area contributed by atoms with E-state index < -0.39 is 21.8 Å². The van der Waals surface area contributed by atoms with E-state index in [-0.39, 0.29) is 11.4 Å². The molecule has 2 aromatic rings. The molecule has 0 saturated heterocycles. The van der Waals surface area contributed by atoms with Gasteiger partial charge in [-0.15, -0.1) is 0 Å². The summed E-state index contributed by atoms with van der Waals surface area (Å²) in [4.78, 5) is 11.8. The topological polar surface area (TPSA) is 89.7 Å². The van der Waals surface area contributed by atoms with Gasteiger partial charge in [0.05, 0.1) is 30.2 Å². The molecule has 0 spiro atoms. The van der Waals surface area contributed by atoms with Crippen LogP contribution in [0.3, 0.4) is 0 Å². The van der Waals surface area contributed by atoms with Crippen molar-refractivity contribution < 1.29 is 17.9 Å². The predicted octanol–water partition coefficient (Wildman–Crippen LogP) is 1.47. The molecule has 1 atom stereocenters. The van der Waals surface area contributed by atoms with Crippen molar-refractivity contribution in [2.24, 2.45) is 5.73 Å². The fourth-order valence-corrected chi connectivity index (χ4v) is 4.22. The van der Waals surface area contributed by atoms with Crippen molar-refractivity contribution in [2.75, 3.05) is 18.0 Å². The first kappa shape index (κ1) is 15.4. The highest BCUT2D eigenvalue weighted by atomic mass is 32.2. The van der Waals surface area contributed by atoms with Crippen LogP contribution in [0.1, 0.15) is 11.5 Å². The largest absolute Gasteiger partial charge is 0.497 e. The standard InChI is InChI=1S/C16H16N2O4S/c1-22-11-6-8-12(9-7-11)23(20,21)18-10-14(16(17)19)13-4-2-3-5-15(13)18/h2-9,14H,10H2,1H3,(H2,17,19). The van der Waals surface area contributed by atoms with E-state index in [0.29, 0.717) is 17.0 Å². The van der Waals surface area contributed by atoms with Gasteiger partial charge in [0.15, 0.2) is 0 Å². The summed E-state index contributed by atoms with van der Waals surface area (Å²) in [7, 11) is -2.26. The summed E-state index contributed by atoms with van der Waals surface area (Å²) >= 11 is 0. The van der Waals surface area contributed by atoms with Crippen LogP contribution < -0.4 is 14.8 Å². The third-order valence-electron chi connectivity index (χ3n) is 3.92. The van der Waals surface area contributed by atoms with Crippen LogP contribution in [0.25, 0.3) is 0 Å². The minimum absolute atomic E-state index is 0.0169. The lowest BCUT2D eigenvalue weighted by atomic mass is 10.0. The number of hydrogen-bond donors (Lipinski definition) is 1. The zero-order valence-electron chi connectivity index (χ0n) is 12.5. The quantitative estimate of drug-likeness (QED) is 0.918. The second-order valence-corrected chi connectivity index (χ2v) is 7.09. The SMILES string of the molecule is COc1ccc(S(=O)(=O)N2CC(C(N)=O)c3ccccc32)cc1. The minimum atomic E-state index is -3.77. The van der Waals surface area contributed by atoms with E-state index in [1.54, 1.807) is 36.4 Å². The van der Waals surface area contributed by atoms with Crippen LogP contribution in [0.4, 0.5) is 5.69 Å². The molecule has 3 rings (SSSR count). The summed E-state index contributed by atoms with van der Waals surface area (Å²) < 4.78 is 32.1. The van der Waals surface area contributed by atoms with E-state index in [1.807, 2.05) is 0 Å². The number of carbonyl (C=O) groups is 1. The van der Waals surface area contributed by atoms with Gasteiger partial charge in [-0.1, -0.05) is 18.2 Å². The zero-order chi connectivity index (χ0) is 16.6. The number of anilines is 1. The van der Waals surface area contributed by atoms with Crippen molar-refractivity contribution in [3.63, 3.8) is 0 Å². The number of primary amides is 1.